The smallest absolute Gasteiger partial charge is 0.287 e. The van der Waals surface area contributed by atoms with E-state index < -0.39 is 4.92 Å². The fourth-order valence-electron chi connectivity index (χ4n) is 2.40. The maximum atomic E-state index is 10.9. The molecule has 1 saturated heterocycles. The molecule has 20 heavy (non-hydrogen) atoms. The number of nitrogens with zero attached hydrogens (tertiary/aromatic N) is 3. The molecule has 0 radical (unpaired) electrons. The molecule has 7 heteroatoms. The summed E-state index contributed by atoms with van der Waals surface area (Å²) in [5.74, 6) is 1.13. The number of carbonyl (C=O) groups excluding carboxylic acids is 1. The van der Waals surface area contributed by atoms with Gasteiger partial charge in [-0.15, -0.1) is 0 Å². The second kappa shape index (κ2) is 6.31. The molecule has 7 nitrogen and oxygen atoms in total. The van der Waals surface area contributed by atoms with Gasteiger partial charge in [0.1, 0.15) is 12.0 Å². The largest absolute Gasteiger partial charge is 0.356 e. The molecule has 2 rings (SSSR count). The third kappa shape index (κ3) is 3.66. The molecule has 1 aromatic rings. The van der Waals surface area contributed by atoms with E-state index in [1.807, 2.05) is 0 Å². The first kappa shape index (κ1) is 14.2. The summed E-state index contributed by atoms with van der Waals surface area (Å²) >= 11 is 0. The summed E-state index contributed by atoms with van der Waals surface area (Å²) in [5, 5.41) is 13.4. The summed E-state index contributed by atoms with van der Waals surface area (Å²) in [5.41, 5.74) is 0.000515. The fraction of sp³-hybridized carbons (Fsp3) is 0.538. The predicted octanol–water partition coefficient (Wildman–Crippen LogP) is 1.34. The van der Waals surface area contributed by atoms with Crippen LogP contribution in [0.3, 0.4) is 0 Å². The topological polar surface area (TPSA) is 88.4 Å². The lowest BCUT2D eigenvalue weighted by Gasteiger charge is -2.33. The number of pyridine rings is 1. The molecule has 1 fully saturated rings. The Hall–Kier alpha value is -2.18. The van der Waals surface area contributed by atoms with Crippen molar-refractivity contribution in [2.75, 3.05) is 24.5 Å². The second-order valence-corrected chi connectivity index (χ2v) is 5.02. The molecule has 108 valence electrons. The van der Waals surface area contributed by atoms with E-state index in [0.717, 1.165) is 31.7 Å². The number of nitrogens with one attached hydrogen (secondary N) is 1. The first-order chi connectivity index (χ1) is 9.56. The Labute approximate surface area is 117 Å². The number of piperidine rings is 1. The molecule has 1 atom stereocenters. The van der Waals surface area contributed by atoms with Gasteiger partial charge in [-0.25, -0.2) is 4.98 Å². The molecule has 1 aliphatic heterocycles. The van der Waals surface area contributed by atoms with E-state index in [-0.39, 0.29) is 11.6 Å². The van der Waals surface area contributed by atoms with Crippen LogP contribution in [0, 0.1) is 16.0 Å². The van der Waals surface area contributed by atoms with Gasteiger partial charge in [0.2, 0.25) is 5.91 Å². The van der Waals surface area contributed by atoms with Crippen molar-refractivity contribution in [3.8, 4) is 0 Å². The molecule has 2 heterocycles. The zero-order valence-corrected chi connectivity index (χ0v) is 11.4. The number of hydrogen-bond acceptors (Lipinski definition) is 5. The zero-order valence-electron chi connectivity index (χ0n) is 11.4. The monoisotopic (exact) mass is 278 g/mol. The van der Waals surface area contributed by atoms with Crippen molar-refractivity contribution < 1.29 is 9.72 Å². The van der Waals surface area contributed by atoms with Gasteiger partial charge in [-0.1, -0.05) is 0 Å². The van der Waals surface area contributed by atoms with Crippen LogP contribution in [0.1, 0.15) is 19.8 Å². The Bertz CT molecular complexity index is 489. The molecule has 1 aromatic heterocycles. The number of aromatic nitrogens is 1. The van der Waals surface area contributed by atoms with Crippen LogP contribution in [0.4, 0.5) is 11.5 Å². The Balaban J connectivity index is 1.97. The molecule has 0 bridgehead atoms. The minimum atomic E-state index is -0.452. The molecular formula is C13H18N4O3. The SMILES string of the molecule is CC(=O)NC[C@H]1CCCN(c2ccc([N+](=O)[O-])cn2)C1. The van der Waals surface area contributed by atoms with Crippen molar-refractivity contribution in [1.29, 1.82) is 0 Å². The van der Waals surface area contributed by atoms with E-state index in [2.05, 4.69) is 15.2 Å². The Morgan fingerprint density at radius 2 is 2.40 bits per heavy atom. The maximum absolute atomic E-state index is 10.9. The van der Waals surface area contributed by atoms with Crippen LogP contribution in [0.25, 0.3) is 0 Å². The van der Waals surface area contributed by atoms with E-state index >= 15 is 0 Å². The highest BCUT2D eigenvalue weighted by Gasteiger charge is 2.21. The minimum Gasteiger partial charge on any atom is -0.356 e. The highest BCUT2D eigenvalue weighted by atomic mass is 16.6. The number of anilines is 1. The minimum absolute atomic E-state index is 0.000515. The summed E-state index contributed by atoms with van der Waals surface area (Å²) in [4.78, 5) is 27.3. The quantitative estimate of drug-likeness (QED) is 0.663. The van der Waals surface area contributed by atoms with E-state index in [0.29, 0.717) is 12.5 Å². The summed E-state index contributed by atoms with van der Waals surface area (Å²) < 4.78 is 0. The molecule has 1 N–H and O–H groups in total. The number of amides is 1. The zero-order chi connectivity index (χ0) is 14.5. The first-order valence-electron chi connectivity index (χ1n) is 6.66. The number of hydrogen-bond donors (Lipinski definition) is 1. The third-order valence-electron chi connectivity index (χ3n) is 3.43. The first-order valence-corrected chi connectivity index (χ1v) is 6.66. The Kier molecular flexibility index (Phi) is 4.49. The maximum Gasteiger partial charge on any atom is 0.287 e. The van der Waals surface area contributed by atoms with Crippen LogP contribution >= 0.6 is 0 Å². The normalized spacial score (nSPS) is 18.6. The highest BCUT2D eigenvalue weighted by Crippen LogP contribution is 2.22. The standard InChI is InChI=1S/C13H18N4O3/c1-10(18)14-7-11-3-2-6-16(9-11)13-5-4-12(8-15-13)17(19)20/h4-5,8,11H,2-3,6-7,9H2,1H3,(H,14,18)/t11-/m1/s1. The summed E-state index contributed by atoms with van der Waals surface area (Å²) in [6, 6.07) is 3.15. The Morgan fingerprint density at radius 1 is 1.60 bits per heavy atom. The molecule has 0 aromatic carbocycles. The van der Waals surface area contributed by atoms with Crippen molar-refractivity contribution in [3.63, 3.8) is 0 Å². The van der Waals surface area contributed by atoms with Crippen molar-refractivity contribution in [1.82, 2.24) is 10.3 Å². The average molecular weight is 278 g/mol. The number of nitro groups is 1. The average Bonchev–Trinajstić information content (AvgIpc) is 2.45. The third-order valence-corrected chi connectivity index (χ3v) is 3.43. The molecular weight excluding hydrogens is 260 g/mol. The van der Waals surface area contributed by atoms with Crippen LogP contribution in [0.2, 0.25) is 0 Å². The van der Waals surface area contributed by atoms with Gasteiger partial charge in [0.05, 0.1) is 4.92 Å². The molecule has 0 spiro atoms. The fourth-order valence-corrected chi connectivity index (χ4v) is 2.40. The summed E-state index contributed by atoms with van der Waals surface area (Å²) in [6.45, 7) is 3.88. The van der Waals surface area contributed by atoms with Gasteiger partial charge in [0, 0.05) is 32.6 Å². The molecule has 0 unspecified atom stereocenters. The van der Waals surface area contributed by atoms with Gasteiger partial charge >= 0.3 is 0 Å². The van der Waals surface area contributed by atoms with Crippen molar-refractivity contribution in [2.45, 2.75) is 19.8 Å². The highest BCUT2D eigenvalue weighted by molar-refractivity contribution is 5.72. The second-order valence-electron chi connectivity index (χ2n) is 5.02. The van der Waals surface area contributed by atoms with Crippen LogP contribution in [-0.4, -0.2) is 35.4 Å². The van der Waals surface area contributed by atoms with Crippen LogP contribution in [-0.2, 0) is 4.79 Å². The van der Waals surface area contributed by atoms with Crippen molar-refractivity contribution in [2.24, 2.45) is 5.92 Å². The summed E-state index contributed by atoms with van der Waals surface area (Å²) in [6.07, 6.45) is 3.39. The number of rotatable bonds is 4. The molecule has 0 aliphatic carbocycles. The van der Waals surface area contributed by atoms with Gasteiger partial charge in [-0.05, 0) is 24.8 Å². The van der Waals surface area contributed by atoms with Crippen molar-refractivity contribution >= 4 is 17.4 Å². The lowest BCUT2D eigenvalue weighted by molar-refractivity contribution is -0.385. The Morgan fingerprint density at radius 3 is 3.00 bits per heavy atom. The van der Waals surface area contributed by atoms with Gasteiger partial charge < -0.3 is 10.2 Å². The van der Waals surface area contributed by atoms with E-state index in [4.69, 9.17) is 0 Å². The van der Waals surface area contributed by atoms with E-state index in [9.17, 15) is 14.9 Å². The van der Waals surface area contributed by atoms with Gasteiger partial charge in [0.15, 0.2) is 0 Å². The molecule has 1 aliphatic rings. The van der Waals surface area contributed by atoms with E-state index in [1.165, 1.54) is 19.2 Å². The molecule has 0 saturated carbocycles. The summed E-state index contributed by atoms with van der Waals surface area (Å²) in [7, 11) is 0. The van der Waals surface area contributed by atoms with Gasteiger partial charge in [-0.3, -0.25) is 14.9 Å². The van der Waals surface area contributed by atoms with Gasteiger partial charge in [-0.2, -0.15) is 0 Å². The number of carbonyl (C=O) groups is 1. The van der Waals surface area contributed by atoms with Crippen LogP contribution < -0.4 is 10.2 Å². The molecule has 1 amide bonds. The lowest BCUT2D eigenvalue weighted by atomic mass is 9.98. The predicted molar refractivity (Wildman–Crippen MR) is 74.5 cm³/mol. The van der Waals surface area contributed by atoms with Crippen molar-refractivity contribution in [3.05, 3.63) is 28.4 Å². The van der Waals surface area contributed by atoms with E-state index in [1.54, 1.807) is 6.07 Å². The van der Waals surface area contributed by atoms with Crippen LogP contribution in [0.5, 0.6) is 0 Å². The van der Waals surface area contributed by atoms with Gasteiger partial charge in [0.25, 0.3) is 5.69 Å². The van der Waals surface area contributed by atoms with Crippen LogP contribution in [0.15, 0.2) is 18.3 Å². The lowest BCUT2D eigenvalue weighted by Crippen LogP contribution is -2.40.